The maximum atomic E-state index is 4.66. The number of nitrogens with zero attached hydrogens (tertiary/aromatic N) is 1. The fourth-order valence-electron chi connectivity index (χ4n) is 3.56. The molecule has 1 nitrogen and oxygen atoms in total. The maximum absolute atomic E-state index is 4.66. The van der Waals surface area contributed by atoms with Crippen molar-refractivity contribution in [3.63, 3.8) is 0 Å². The van der Waals surface area contributed by atoms with E-state index >= 15 is 0 Å². The molecule has 0 amide bonds. The third-order valence-corrected chi connectivity index (χ3v) is 4.81. The minimum atomic E-state index is 0.957. The lowest BCUT2D eigenvalue weighted by Crippen LogP contribution is -2.32. The van der Waals surface area contributed by atoms with Gasteiger partial charge in [-0.1, -0.05) is 0 Å². The molecule has 0 N–H and O–H groups in total. The van der Waals surface area contributed by atoms with Crippen LogP contribution in [0.2, 0.25) is 0 Å². The van der Waals surface area contributed by atoms with Crippen molar-refractivity contribution in [3.05, 3.63) is 11.8 Å². The van der Waals surface area contributed by atoms with Gasteiger partial charge in [0.15, 0.2) is 0 Å². The highest BCUT2D eigenvalue weighted by Crippen LogP contribution is 2.56. The first kappa shape index (κ1) is 8.66. The first-order chi connectivity index (χ1) is 7.43. The predicted octanol–water partition coefficient (Wildman–Crippen LogP) is 2.95. The molecule has 0 aromatic rings. The Morgan fingerprint density at radius 1 is 0.933 bits per heavy atom. The Hall–Kier alpha value is -0.460. The Bertz CT molecular complexity index is 294. The summed E-state index contributed by atoms with van der Waals surface area (Å²) in [5.41, 5.74) is 1.78. The Kier molecular flexibility index (Phi) is 1.75. The molecule has 0 spiro atoms. The summed E-state index contributed by atoms with van der Waals surface area (Å²) in [6.45, 7) is 1.15. The monoisotopic (exact) mass is 202 g/mol. The molecule has 1 radical (unpaired) electrons. The summed E-state index contributed by atoms with van der Waals surface area (Å²) in [6, 6.07) is 0. The highest BCUT2D eigenvalue weighted by Gasteiger charge is 2.48. The second-order valence-electron chi connectivity index (χ2n) is 6.13. The van der Waals surface area contributed by atoms with Crippen molar-refractivity contribution in [3.8, 4) is 0 Å². The minimum Gasteiger partial charge on any atom is -0.293 e. The zero-order valence-electron chi connectivity index (χ0n) is 9.36. The van der Waals surface area contributed by atoms with Crippen LogP contribution in [0.4, 0.5) is 0 Å². The van der Waals surface area contributed by atoms with Crippen LogP contribution in [0.15, 0.2) is 11.8 Å². The van der Waals surface area contributed by atoms with Gasteiger partial charge in [-0.15, -0.1) is 0 Å². The molecule has 3 aliphatic carbocycles. The van der Waals surface area contributed by atoms with E-state index in [9.17, 15) is 0 Å². The summed E-state index contributed by atoms with van der Waals surface area (Å²) >= 11 is 0. The highest BCUT2D eigenvalue weighted by atomic mass is 14.9. The van der Waals surface area contributed by atoms with E-state index in [4.69, 9.17) is 0 Å². The number of hydrogen-bond acceptors (Lipinski definition) is 0. The smallest absolute Gasteiger partial charge is 0.0426 e. The van der Waals surface area contributed by atoms with Gasteiger partial charge in [0.05, 0.1) is 0 Å². The van der Waals surface area contributed by atoms with E-state index < -0.39 is 0 Å². The van der Waals surface area contributed by atoms with Gasteiger partial charge in [-0.05, 0) is 73.7 Å². The van der Waals surface area contributed by atoms with E-state index in [-0.39, 0.29) is 0 Å². The molecule has 15 heavy (non-hydrogen) atoms. The summed E-state index contributed by atoms with van der Waals surface area (Å²) < 4.78 is 0. The van der Waals surface area contributed by atoms with E-state index in [2.05, 4.69) is 11.5 Å². The van der Waals surface area contributed by atoms with Crippen LogP contribution in [0.25, 0.3) is 0 Å². The van der Waals surface area contributed by atoms with Crippen LogP contribution in [0.1, 0.15) is 38.5 Å². The van der Waals surface area contributed by atoms with Crippen molar-refractivity contribution in [1.29, 1.82) is 0 Å². The molecule has 1 aliphatic heterocycles. The number of allylic oxidation sites excluding steroid dienone is 1. The van der Waals surface area contributed by atoms with Crippen molar-refractivity contribution < 1.29 is 0 Å². The third kappa shape index (κ3) is 1.51. The summed E-state index contributed by atoms with van der Waals surface area (Å²) in [5.74, 6) is 5.02. The van der Waals surface area contributed by atoms with E-state index in [1.807, 2.05) is 0 Å². The van der Waals surface area contributed by atoms with E-state index in [0.29, 0.717) is 0 Å². The van der Waals surface area contributed by atoms with Crippen LogP contribution in [-0.2, 0) is 0 Å². The van der Waals surface area contributed by atoms with Crippen molar-refractivity contribution in [2.75, 3.05) is 6.54 Å². The summed E-state index contributed by atoms with van der Waals surface area (Å²) in [5, 5.41) is 4.66. The fourth-order valence-corrected chi connectivity index (χ4v) is 3.56. The second kappa shape index (κ2) is 3.02. The maximum Gasteiger partial charge on any atom is 0.0426 e. The SMILES string of the molecule is C1=C(C2CC2)C(C2CC2)C(C2CC2)C[N]1. The summed E-state index contributed by atoms with van der Waals surface area (Å²) in [6.07, 6.45) is 11.2. The van der Waals surface area contributed by atoms with Crippen LogP contribution < -0.4 is 5.32 Å². The van der Waals surface area contributed by atoms with Crippen LogP contribution >= 0.6 is 0 Å². The Morgan fingerprint density at radius 3 is 2.27 bits per heavy atom. The predicted molar refractivity (Wildman–Crippen MR) is 60.2 cm³/mol. The molecule has 0 bridgehead atoms. The minimum absolute atomic E-state index is 0.957. The molecule has 4 aliphatic rings. The van der Waals surface area contributed by atoms with Gasteiger partial charge < -0.3 is 0 Å². The van der Waals surface area contributed by atoms with Gasteiger partial charge in [0.2, 0.25) is 0 Å². The third-order valence-electron chi connectivity index (χ3n) is 4.81. The van der Waals surface area contributed by atoms with E-state index in [0.717, 1.165) is 36.1 Å². The van der Waals surface area contributed by atoms with Gasteiger partial charge in [0.1, 0.15) is 0 Å². The molecule has 1 heterocycles. The average molecular weight is 202 g/mol. The van der Waals surface area contributed by atoms with E-state index in [1.54, 1.807) is 5.57 Å². The first-order valence-corrected chi connectivity index (χ1v) is 6.80. The molecule has 2 atom stereocenters. The van der Waals surface area contributed by atoms with Gasteiger partial charge in [0.25, 0.3) is 0 Å². The van der Waals surface area contributed by atoms with Gasteiger partial charge in [0, 0.05) is 12.7 Å². The van der Waals surface area contributed by atoms with Crippen molar-refractivity contribution in [2.24, 2.45) is 29.6 Å². The molecule has 2 unspecified atom stereocenters. The number of rotatable bonds is 3. The summed E-state index contributed by atoms with van der Waals surface area (Å²) in [7, 11) is 0. The van der Waals surface area contributed by atoms with Gasteiger partial charge in [-0.25, -0.2) is 0 Å². The molecule has 81 valence electrons. The van der Waals surface area contributed by atoms with Crippen LogP contribution in [0.5, 0.6) is 0 Å². The topological polar surface area (TPSA) is 14.1 Å². The van der Waals surface area contributed by atoms with Crippen LogP contribution in [0.3, 0.4) is 0 Å². The lowest BCUT2D eigenvalue weighted by molar-refractivity contribution is 0.272. The second-order valence-corrected chi connectivity index (χ2v) is 6.13. The molecule has 1 heteroatoms. The quantitative estimate of drug-likeness (QED) is 0.668. The zero-order chi connectivity index (χ0) is 9.83. The Morgan fingerprint density at radius 2 is 1.67 bits per heavy atom. The lowest BCUT2D eigenvalue weighted by atomic mass is 9.76. The normalized spacial score (nSPS) is 40.9. The van der Waals surface area contributed by atoms with Gasteiger partial charge >= 0.3 is 0 Å². The Labute approximate surface area is 92.3 Å². The van der Waals surface area contributed by atoms with Crippen molar-refractivity contribution >= 4 is 0 Å². The van der Waals surface area contributed by atoms with Crippen LogP contribution in [0, 0.1) is 29.6 Å². The Balaban J connectivity index is 1.61. The number of hydrogen-bond donors (Lipinski definition) is 0. The molecule has 3 saturated carbocycles. The highest BCUT2D eigenvalue weighted by molar-refractivity contribution is 5.22. The largest absolute Gasteiger partial charge is 0.293 e. The summed E-state index contributed by atoms with van der Waals surface area (Å²) in [4.78, 5) is 0. The van der Waals surface area contributed by atoms with Gasteiger partial charge in [-0.2, -0.15) is 0 Å². The molecule has 0 aromatic heterocycles. The van der Waals surface area contributed by atoms with E-state index in [1.165, 1.54) is 38.5 Å². The average Bonchev–Trinajstić information content (AvgIpc) is 3.19. The standard InChI is InChI=1S/C14H20N/c1-2-9(1)12-7-15-8-13(10-3-4-10)14(12)11-5-6-11/h7,9-11,13-14H,1-6,8H2. The van der Waals surface area contributed by atoms with Crippen molar-refractivity contribution in [2.45, 2.75) is 38.5 Å². The van der Waals surface area contributed by atoms with Crippen molar-refractivity contribution in [1.82, 2.24) is 5.32 Å². The molecular weight excluding hydrogens is 182 g/mol. The van der Waals surface area contributed by atoms with Gasteiger partial charge in [-0.3, -0.25) is 5.32 Å². The molecule has 0 saturated heterocycles. The lowest BCUT2D eigenvalue weighted by Gasteiger charge is -2.33. The molecule has 0 aromatic carbocycles. The molecular formula is C14H20N. The molecule has 4 rings (SSSR count). The molecule has 3 fully saturated rings. The van der Waals surface area contributed by atoms with Crippen LogP contribution in [-0.4, -0.2) is 6.54 Å². The zero-order valence-corrected chi connectivity index (χ0v) is 9.36. The first-order valence-electron chi connectivity index (χ1n) is 6.80. The fraction of sp³-hybridized carbons (Fsp3) is 0.857.